The number of amides is 1. The molecule has 88 valence electrons. The van der Waals surface area contributed by atoms with Crippen LogP contribution in [0, 0.1) is 6.92 Å². The molecule has 0 atom stereocenters. The number of hydrogen-bond acceptors (Lipinski definition) is 4. The maximum atomic E-state index is 12.0. The van der Waals surface area contributed by atoms with Gasteiger partial charge in [0.2, 0.25) is 0 Å². The maximum absolute atomic E-state index is 12.0. The predicted octanol–water partition coefficient (Wildman–Crippen LogP) is 1.41. The Bertz CT molecular complexity index is 361. The lowest BCUT2D eigenvalue weighted by Gasteiger charge is -2.16. The van der Waals surface area contributed by atoms with Gasteiger partial charge in [0.15, 0.2) is 0 Å². The number of hydrogen-bond donors (Lipinski definition) is 1. The molecule has 0 bridgehead atoms. The Kier molecular flexibility index (Phi) is 4.61. The first-order valence-electron chi connectivity index (χ1n) is 5.03. The van der Waals surface area contributed by atoms with Gasteiger partial charge in [-0.3, -0.25) is 4.79 Å². The highest BCUT2D eigenvalue weighted by molar-refractivity contribution is 7.98. The standard InChI is InChI=1S/C11H17N3OS/c1-8-6-9(7-10(12)13-8)11(15)14(2)4-5-16-3/h6-7H,4-5H2,1-3H3,(H2,12,13). The first-order chi connectivity index (χ1) is 7.54. The minimum Gasteiger partial charge on any atom is -0.384 e. The quantitative estimate of drug-likeness (QED) is 0.863. The first-order valence-corrected chi connectivity index (χ1v) is 6.42. The van der Waals surface area contributed by atoms with Gasteiger partial charge in [-0.05, 0) is 25.3 Å². The molecule has 0 aliphatic heterocycles. The molecule has 0 saturated carbocycles. The zero-order valence-electron chi connectivity index (χ0n) is 9.86. The van der Waals surface area contributed by atoms with E-state index in [1.165, 1.54) is 0 Å². The Morgan fingerprint density at radius 1 is 1.56 bits per heavy atom. The molecule has 0 saturated heterocycles. The minimum absolute atomic E-state index is 0.00810. The van der Waals surface area contributed by atoms with Crippen LogP contribution >= 0.6 is 11.8 Å². The van der Waals surface area contributed by atoms with Crippen molar-refractivity contribution in [3.8, 4) is 0 Å². The van der Waals surface area contributed by atoms with Crippen molar-refractivity contribution in [1.29, 1.82) is 0 Å². The van der Waals surface area contributed by atoms with Crippen molar-refractivity contribution in [3.05, 3.63) is 23.4 Å². The van der Waals surface area contributed by atoms with E-state index >= 15 is 0 Å². The Morgan fingerprint density at radius 2 is 2.25 bits per heavy atom. The first kappa shape index (κ1) is 12.8. The highest BCUT2D eigenvalue weighted by atomic mass is 32.2. The molecule has 4 nitrogen and oxygen atoms in total. The van der Waals surface area contributed by atoms with Crippen LogP contribution in [0.15, 0.2) is 12.1 Å². The Morgan fingerprint density at radius 3 is 2.81 bits per heavy atom. The lowest BCUT2D eigenvalue weighted by Crippen LogP contribution is -2.29. The van der Waals surface area contributed by atoms with Gasteiger partial charge in [0.05, 0.1) is 0 Å². The van der Waals surface area contributed by atoms with Crippen LogP contribution in [0.1, 0.15) is 16.1 Å². The van der Waals surface area contributed by atoms with Gasteiger partial charge in [0, 0.05) is 30.6 Å². The van der Waals surface area contributed by atoms with Gasteiger partial charge in [0.1, 0.15) is 5.82 Å². The van der Waals surface area contributed by atoms with Gasteiger partial charge in [-0.2, -0.15) is 11.8 Å². The van der Waals surface area contributed by atoms with E-state index in [0.29, 0.717) is 11.4 Å². The molecule has 0 aromatic carbocycles. The molecule has 5 heteroatoms. The van der Waals surface area contributed by atoms with Crippen molar-refractivity contribution in [2.24, 2.45) is 0 Å². The van der Waals surface area contributed by atoms with Crippen LogP contribution in [-0.4, -0.2) is 41.4 Å². The number of thioether (sulfide) groups is 1. The second-order valence-electron chi connectivity index (χ2n) is 3.64. The van der Waals surface area contributed by atoms with Crippen LogP contribution in [0.2, 0.25) is 0 Å². The lowest BCUT2D eigenvalue weighted by atomic mass is 10.2. The smallest absolute Gasteiger partial charge is 0.253 e. The van der Waals surface area contributed by atoms with Gasteiger partial charge >= 0.3 is 0 Å². The van der Waals surface area contributed by atoms with Crippen molar-refractivity contribution in [1.82, 2.24) is 9.88 Å². The fraction of sp³-hybridized carbons (Fsp3) is 0.455. The minimum atomic E-state index is -0.00810. The Hall–Kier alpha value is -1.23. The number of nitrogen functional groups attached to an aromatic ring is 1. The molecule has 0 spiro atoms. The van der Waals surface area contributed by atoms with E-state index < -0.39 is 0 Å². The highest BCUT2D eigenvalue weighted by Crippen LogP contribution is 2.09. The monoisotopic (exact) mass is 239 g/mol. The van der Waals surface area contributed by atoms with Crippen molar-refractivity contribution in [2.45, 2.75) is 6.92 Å². The molecule has 1 aromatic heterocycles. The molecule has 1 heterocycles. The van der Waals surface area contributed by atoms with E-state index in [1.54, 1.807) is 35.8 Å². The summed E-state index contributed by atoms with van der Waals surface area (Å²) in [4.78, 5) is 17.7. The van der Waals surface area contributed by atoms with Gasteiger partial charge in [-0.1, -0.05) is 0 Å². The van der Waals surface area contributed by atoms with Crippen LogP contribution in [0.3, 0.4) is 0 Å². The SMILES string of the molecule is CSCCN(C)C(=O)c1cc(C)nc(N)c1. The number of carbonyl (C=O) groups is 1. The highest BCUT2D eigenvalue weighted by Gasteiger charge is 2.12. The van der Waals surface area contributed by atoms with Crippen LogP contribution < -0.4 is 5.73 Å². The Labute approximate surface area is 100 Å². The summed E-state index contributed by atoms with van der Waals surface area (Å²) < 4.78 is 0. The van der Waals surface area contributed by atoms with Crippen LogP contribution in [0.4, 0.5) is 5.82 Å². The van der Waals surface area contributed by atoms with Crippen LogP contribution in [0.5, 0.6) is 0 Å². The normalized spacial score (nSPS) is 10.2. The molecule has 1 amide bonds. The molecule has 0 aliphatic rings. The van der Waals surface area contributed by atoms with Crippen molar-refractivity contribution < 1.29 is 4.79 Å². The summed E-state index contributed by atoms with van der Waals surface area (Å²) in [6, 6.07) is 3.37. The fourth-order valence-corrected chi connectivity index (χ4v) is 1.82. The van der Waals surface area contributed by atoms with Crippen LogP contribution in [-0.2, 0) is 0 Å². The summed E-state index contributed by atoms with van der Waals surface area (Å²) in [6.07, 6.45) is 2.02. The molecule has 0 unspecified atom stereocenters. The second kappa shape index (κ2) is 5.75. The molecular weight excluding hydrogens is 222 g/mol. The molecule has 1 rings (SSSR count). The summed E-state index contributed by atoms with van der Waals surface area (Å²) in [6.45, 7) is 2.57. The largest absolute Gasteiger partial charge is 0.384 e. The lowest BCUT2D eigenvalue weighted by molar-refractivity contribution is 0.0803. The topological polar surface area (TPSA) is 59.2 Å². The van der Waals surface area contributed by atoms with Crippen molar-refractivity contribution >= 4 is 23.5 Å². The third-order valence-electron chi connectivity index (χ3n) is 2.20. The van der Waals surface area contributed by atoms with E-state index in [2.05, 4.69) is 4.98 Å². The number of aromatic nitrogens is 1. The Balaban J connectivity index is 2.79. The van der Waals surface area contributed by atoms with E-state index in [1.807, 2.05) is 13.2 Å². The number of aryl methyl sites for hydroxylation is 1. The maximum Gasteiger partial charge on any atom is 0.253 e. The summed E-state index contributed by atoms with van der Waals surface area (Å²) in [5, 5.41) is 0. The molecule has 0 radical (unpaired) electrons. The summed E-state index contributed by atoms with van der Waals surface area (Å²) in [5.41, 5.74) is 6.98. The number of nitrogens with two attached hydrogens (primary N) is 1. The molecular formula is C11H17N3OS. The summed E-state index contributed by atoms with van der Waals surface area (Å²) in [5.74, 6) is 1.31. The third-order valence-corrected chi connectivity index (χ3v) is 2.79. The van der Waals surface area contributed by atoms with Crippen molar-refractivity contribution in [2.75, 3.05) is 31.3 Å². The van der Waals surface area contributed by atoms with E-state index in [4.69, 9.17) is 5.73 Å². The van der Waals surface area contributed by atoms with Crippen molar-refractivity contribution in [3.63, 3.8) is 0 Å². The van der Waals surface area contributed by atoms with E-state index in [9.17, 15) is 4.79 Å². The van der Waals surface area contributed by atoms with Gasteiger partial charge in [-0.15, -0.1) is 0 Å². The number of nitrogens with zero attached hydrogens (tertiary/aromatic N) is 2. The number of carbonyl (C=O) groups excluding carboxylic acids is 1. The van der Waals surface area contributed by atoms with E-state index in [-0.39, 0.29) is 5.91 Å². The average molecular weight is 239 g/mol. The molecule has 0 aliphatic carbocycles. The molecule has 2 N–H and O–H groups in total. The van der Waals surface area contributed by atoms with Gasteiger partial charge in [0.25, 0.3) is 5.91 Å². The second-order valence-corrected chi connectivity index (χ2v) is 4.63. The average Bonchev–Trinajstić information content (AvgIpc) is 2.23. The predicted molar refractivity (Wildman–Crippen MR) is 68.7 cm³/mol. The summed E-state index contributed by atoms with van der Waals surface area (Å²) in [7, 11) is 1.80. The number of pyridine rings is 1. The fourth-order valence-electron chi connectivity index (χ4n) is 1.37. The third kappa shape index (κ3) is 3.41. The zero-order valence-corrected chi connectivity index (χ0v) is 10.7. The van der Waals surface area contributed by atoms with Gasteiger partial charge < -0.3 is 10.6 Å². The number of rotatable bonds is 4. The number of anilines is 1. The molecule has 16 heavy (non-hydrogen) atoms. The zero-order chi connectivity index (χ0) is 12.1. The van der Waals surface area contributed by atoms with Crippen LogP contribution in [0.25, 0.3) is 0 Å². The van der Waals surface area contributed by atoms with E-state index in [0.717, 1.165) is 18.0 Å². The molecule has 0 fully saturated rings. The molecule has 1 aromatic rings. The van der Waals surface area contributed by atoms with Gasteiger partial charge in [-0.25, -0.2) is 4.98 Å². The summed E-state index contributed by atoms with van der Waals surface area (Å²) >= 11 is 1.72.